The Balaban J connectivity index is 3.65. The fourth-order valence-electron chi connectivity index (χ4n) is 0.415. The van der Waals surface area contributed by atoms with Crippen molar-refractivity contribution in [2.45, 2.75) is 19.5 Å². The Morgan fingerprint density at radius 3 is 2.50 bits per heavy atom. The van der Waals surface area contributed by atoms with Crippen molar-refractivity contribution in [1.82, 2.24) is 0 Å². The van der Waals surface area contributed by atoms with E-state index < -0.39 is 20.8 Å². The number of alkyl halides is 3. The molecule has 0 aromatic heterocycles. The lowest BCUT2D eigenvalue weighted by Gasteiger charge is -2.04. The average Bonchev–Trinajstić information content (AvgIpc) is 1.95. The van der Waals surface area contributed by atoms with Gasteiger partial charge >= 0.3 is 6.18 Å². The Bertz CT molecular complexity index is 176. The van der Waals surface area contributed by atoms with E-state index in [0.717, 1.165) is 5.82 Å². The molecule has 12 heavy (non-hydrogen) atoms. The second-order valence-electron chi connectivity index (χ2n) is 2.03. The summed E-state index contributed by atoms with van der Waals surface area (Å²) >= 11 is 0. The molecule has 0 radical (unpaired) electrons. The minimum absolute atomic E-state index is 0.631. The van der Waals surface area contributed by atoms with Gasteiger partial charge in [0, 0.05) is 0 Å². The summed E-state index contributed by atoms with van der Waals surface area (Å²) in [6.07, 6.45) is -2.26. The van der Waals surface area contributed by atoms with Crippen LogP contribution in [0.25, 0.3) is 0 Å². The van der Waals surface area contributed by atoms with Crippen LogP contribution in [-0.4, -0.2) is 12.8 Å². The van der Waals surface area contributed by atoms with Gasteiger partial charge in [0.05, 0.1) is 0 Å². The molecule has 0 spiro atoms. The minimum Gasteiger partial charge on any atom is -0.318 e. The Morgan fingerprint density at radius 2 is 2.08 bits per heavy atom. The highest BCUT2D eigenvalue weighted by Gasteiger charge is 2.28. The first-order chi connectivity index (χ1) is 5.45. The molecule has 0 aliphatic heterocycles. The molecule has 6 heteroatoms. The highest BCUT2D eigenvalue weighted by atomic mass is 31.1. The van der Waals surface area contributed by atoms with Crippen LogP contribution in [0, 0.1) is 0 Å². The highest BCUT2D eigenvalue weighted by Crippen LogP contribution is 2.28. The fourth-order valence-corrected chi connectivity index (χ4v) is 1.25. The molecule has 2 nitrogen and oxygen atoms in total. The Hall–Kier alpha value is -0.280. The first-order valence-corrected chi connectivity index (χ1v) is 4.75. The van der Waals surface area contributed by atoms with Crippen LogP contribution in [0.5, 0.6) is 0 Å². The predicted molar refractivity (Wildman–Crippen MR) is 40.4 cm³/mol. The third kappa shape index (κ3) is 7.82. The van der Waals surface area contributed by atoms with Gasteiger partial charge in [-0.1, -0.05) is 13.0 Å². The zero-order valence-corrected chi connectivity index (χ0v) is 7.52. The minimum atomic E-state index is -4.40. The van der Waals surface area contributed by atoms with Crippen LogP contribution in [0.2, 0.25) is 0 Å². The molecule has 1 atom stereocenters. The number of hydrogen-bond acceptors (Lipinski definition) is 2. The molecule has 0 amide bonds. The molecule has 0 N–H and O–H groups in total. The van der Waals surface area contributed by atoms with E-state index in [2.05, 4.69) is 4.52 Å². The molecule has 0 aromatic carbocycles. The van der Waals surface area contributed by atoms with Crippen LogP contribution in [0.3, 0.4) is 0 Å². The van der Waals surface area contributed by atoms with Crippen molar-refractivity contribution in [1.29, 1.82) is 0 Å². The van der Waals surface area contributed by atoms with Crippen molar-refractivity contribution in [3.63, 3.8) is 0 Å². The number of hydrogen-bond donors (Lipinski definition) is 0. The highest BCUT2D eigenvalue weighted by molar-refractivity contribution is 7.42. The van der Waals surface area contributed by atoms with Gasteiger partial charge in [0.25, 0.3) is 0 Å². The first-order valence-electron chi connectivity index (χ1n) is 3.35. The Morgan fingerprint density at radius 1 is 1.50 bits per heavy atom. The predicted octanol–water partition coefficient (Wildman–Crippen LogP) is 2.96. The lowest BCUT2D eigenvalue weighted by molar-refractivity contribution is -0.152. The molecular formula is C6H10F3O2P. The number of allylic oxidation sites excluding steroid dienone is 1. The fraction of sp³-hybridized carbons (Fsp3) is 0.667. The number of halogens is 3. The summed E-state index contributed by atoms with van der Waals surface area (Å²) in [6, 6.07) is 0. The van der Waals surface area contributed by atoms with Crippen molar-refractivity contribution >= 4 is 8.03 Å². The molecule has 0 aromatic rings. The summed E-state index contributed by atoms with van der Waals surface area (Å²) in [5.74, 6) is 1.16. The summed E-state index contributed by atoms with van der Waals surface area (Å²) < 4.78 is 49.1. The molecule has 0 aliphatic carbocycles. The lowest BCUT2D eigenvalue weighted by atomic mass is 10.5. The maximum absolute atomic E-state index is 11.5. The molecular weight excluding hydrogens is 192 g/mol. The van der Waals surface area contributed by atoms with E-state index in [1.54, 1.807) is 6.92 Å². The standard InChI is InChI=1S/C6H10F3O2P/c1-2-3-4-12(10)11-5-6(7,8)9/h3-4,12H,2,5H2,1H3. The summed E-state index contributed by atoms with van der Waals surface area (Å²) in [7, 11) is -2.64. The Labute approximate surface area is 69.3 Å². The van der Waals surface area contributed by atoms with Crippen molar-refractivity contribution < 1.29 is 22.3 Å². The summed E-state index contributed by atoms with van der Waals surface area (Å²) in [5.41, 5.74) is 0. The van der Waals surface area contributed by atoms with Crippen LogP contribution in [0.15, 0.2) is 11.9 Å². The SMILES string of the molecule is CCC=C[PH](=O)OCC(F)(F)F. The van der Waals surface area contributed by atoms with Crippen molar-refractivity contribution in [2.75, 3.05) is 6.61 Å². The third-order valence-corrected chi connectivity index (χ3v) is 1.80. The van der Waals surface area contributed by atoms with Crippen LogP contribution < -0.4 is 0 Å². The van der Waals surface area contributed by atoms with Gasteiger partial charge in [-0.2, -0.15) is 13.2 Å². The molecule has 0 aliphatic rings. The van der Waals surface area contributed by atoms with Crippen LogP contribution >= 0.6 is 8.03 Å². The molecule has 0 bridgehead atoms. The third-order valence-electron chi connectivity index (χ3n) is 0.868. The maximum Gasteiger partial charge on any atom is 0.412 e. The van der Waals surface area contributed by atoms with E-state index in [4.69, 9.17) is 0 Å². The van der Waals surface area contributed by atoms with E-state index in [1.165, 1.54) is 6.08 Å². The van der Waals surface area contributed by atoms with Crippen molar-refractivity contribution in [3.05, 3.63) is 11.9 Å². The largest absolute Gasteiger partial charge is 0.412 e. The summed E-state index contributed by atoms with van der Waals surface area (Å²) in [6.45, 7) is 0.342. The second kappa shape index (κ2) is 5.38. The van der Waals surface area contributed by atoms with E-state index in [9.17, 15) is 17.7 Å². The van der Waals surface area contributed by atoms with Crippen molar-refractivity contribution in [3.8, 4) is 0 Å². The van der Waals surface area contributed by atoms with Gasteiger partial charge in [-0.15, -0.1) is 0 Å². The van der Waals surface area contributed by atoms with Gasteiger partial charge in [0.15, 0.2) is 0 Å². The van der Waals surface area contributed by atoms with Crippen LogP contribution in [0.1, 0.15) is 13.3 Å². The maximum atomic E-state index is 11.5. The smallest absolute Gasteiger partial charge is 0.318 e. The van der Waals surface area contributed by atoms with Gasteiger partial charge in [0.1, 0.15) is 6.61 Å². The average molecular weight is 202 g/mol. The van der Waals surface area contributed by atoms with Gasteiger partial charge in [-0.3, -0.25) is 4.57 Å². The van der Waals surface area contributed by atoms with Gasteiger partial charge < -0.3 is 4.52 Å². The normalized spacial score (nSPS) is 15.3. The zero-order valence-electron chi connectivity index (χ0n) is 6.52. The van der Waals surface area contributed by atoms with E-state index in [1.807, 2.05) is 0 Å². The van der Waals surface area contributed by atoms with Gasteiger partial charge in [-0.05, 0) is 12.2 Å². The summed E-state index contributed by atoms with van der Waals surface area (Å²) in [4.78, 5) is 0. The van der Waals surface area contributed by atoms with Crippen LogP contribution in [0.4, 0.5) is 13.2 Å². The lowest BCUT2D eigenvalue weighted by Crippen LogP contribution is -2.14. The van der Waals surface area contributed by atoms with Gasteiger partial charge in [0.2, 0.25) is 8.03 Å². The quantitative estimate of drug-likeness (QED) is 0.655. The number of rotatable bonds is 4. The first kappa shape index (κ1) is 11.7. The van der Waals surface area contributed by atoms with Crippen LogP contribution in [-0.2, 0) is 9.09 Å². The monoisotopic (exact) mass is 202 g/mol. The Kier molecular flexibility index (Phi) is 5.25. The molecule has 72 valence electrons. The van der Waals surface area contributed by atoms with E-state index >= 15 is 0 Å². The van der Waals surface area contributed by atoms with E-state index in [-0.39, 0.29) is 0 Å². The molecule has 0 saturated carbocycles. The second-order valence-corrected chi connectivity index (χ2v) is 3.29. The topological polar surface area (TPSA) is 26.3 Å². The molecule has 0 saturated heterocycles. The van der Waals surface area contributed by atoms with E-state index in [0.29, 0.717) is 6.42 Å². The molecule has 0 rings (SSSR count). The summed E-state index contributed by atoms with van der Waals surface area (Å²) in [5, 5.41) is 0. The molecule has 0 heterocycles. The molecule has 0 fully saturated rings. The zero-order chi connectivity index (χ0) is 9.61. The van der Waals surface area contributed by atoms with Crippen molar-refractivity contribution in [2.24, 2.45) is 0 Å². The molecule has 1 unspecified atom stereocenters. The van der Waals surface area contributed by atoms with Gasteiger partial charge in [-0.25, -0.2) is 0 Å².